The molecule has 31 heavy (non-hydrogen) atoms. The van der Waals surface area contributed by atoms with Crippen molar-refractivity contribution in [3.8, 4) is 11.5 Å². The molecule has 2 aromatic carbocycles. The Balaban J connectivity index is 1.51. The van der Waals surface area contributed by atoms with E-state index in [9.17, 15) is 23.2 Å². The number of fused-ring (bicyclic) bond motifs is 1. The van der Waals surface area contributed by atoms with Crippen LogP contribution < -0.4 is 19.7 Å². The van der Waals surface area contributed by atoms with Crippen LogP contribution in [0.15, 0.2) is 36.4 Å². The molecule has 2 aliphatic rings. The quantitative estimate of drug-likeness (QED) is 0.683. The van der Waals surface area contributed by atoms with Gasteiger partial charge in [-0.1, -0.05) is 0 Å². The second-order valence-corrected chi connectivity index (χ2v) is 7.48. The van der Waals surface area contributed by atoms with Crippen molar-refractivity contribution in [1.82, 2.24) is 5.32 Å². The summed E-state index contributed by atoms with van der Waals surface area (Å²) >= 11 is 0. The number of ether oxygens (including phenoxy) is 2. The van der Waals surface area contributed by atoms with Gasteiger partial charge in [0, 0.05) is 17.7 Å². The van der Waals surface area contributed by atoms with Gasteiger partial charge in [0.15, 0.2) is 30.6 Å². The largest absolute Gasteiger partial charge is 0.485 e. The molecule has 4 rings (SSSR count). The van der Waals surface area contributed by atoms with E-state index in [1.807, 2.05) is 0 Å². The van der Waals surface area contributed by atoms with Gasteiger partial charge in [-0.15, -0.1) is 0 Å². The number of Topliss-reactive ketones (excluding diaryl/α,β-unsaturated/α-hetero) is 1. The molecule has 1 N–H and O–H groups in total. The molecular weight excluding hydrogens is 410 g/mol. The van der Waals surface area contributed by atoms with Gasteiger partial charge in [-0.2, -0.15) is 0 Å². The van der Waals surface area contributed by atoms with Crippen LogP contribution in [0.5, 0.6) is 11.5 Å². The summed E-state index contributed by atoms with van der Waals surface area (Å²) in [5.74, 6) is -2.82. The molecule has 9 heteroatoms. The molecule has 0 aromatic heterocycles. The number of anilines is 1. The molecule has 0 unspecified atom stereocenters. The standard InChI is InChI=1S/C22H20F2N2O5/c1-12(22(29)25-14-3-4-14)26-18-8-13(2-7-20(18)31-11-21(26)28)19(27)10-30-15-5-6-16(23)17(24)9-15/h2,5-9,12,14H,3-4,10-11H2,1H3,(H,25,29)/t12-/m0/s1. The fourth-order valence-corrected chi connectivity index (χ4v) is 3.23. The van der Waals surface area contributed by atoms with Crippen LogP contribution in [0.1, 0.15) is 30.1 Å². The molecule has 7 nitrogen and oxygen atoms in total. The molecule has 1 atom stereocenters. The van der Waals surface area contributed by atoms with Crippen molar-refractivity contribution in [1.29, 1.82) is 0 Å². The predicted octanol–water partition coefficient (Wildman–Crippen LogP) is 2.62. The summed E-state index contributed by atoms with van der Waals surface area (Å²) in [6.45, 7) is 0.988. The first-order valence-corrected chi connectivity index (χ1v) is 9.84. The minimum absolute atomic E-state index is 0.00992. The van der Waals surface area contributed by atoms with Crippen molar-refractivity contribution in [3.05, 3.63) is 53.6 Å². The van der Waals surface area contributed by atoms with Crippen molar-refractivity contribution in [3.63, 3.8) is 0 Å². The van der Waals surface area contributed by atoms with Crippen LogP contribution >= 0.6 is 0 Å². The number of carbonyl (C=O) groups excluding carboxylic acids is 3. The van der Waals surface area contributed by atoms with Gasteiger partial charge in [-0.05, 0) is 50.1 Å². The predicted molar refractivity (Wildman–Crippen MR) is 106 cm³/mol. The van der Waals surface area contributed by atoms with Gasteiger partial charge in [0.25, 0.3) is 5.91 Å². The van der Waals surface area contributed by atoms with Gasteiger partial charge in [-0.25, -0.2) is 8.78 Å². The second-order valence-electron chi connectivity index (χ2n) is 7.48. The highest BCUT2D eigenvalue weighted by Gasteiger charge is 2.35. The van der Waals surface area contributed by atoms with Crippen molar-refractivity contribution in [2.75, 3.05) is 18.1 Å². The molecule has 162 valence electrons. The van der Waals surface area contributed by atoms with E-state index in [1.54, 1.807) is 13.0 Å². The van der Waals surface area contributed by atoms with E-state index >= 15 is 0 Å². The lowest BCUT2D eigenvalue weighted by molar-refractivity contribution is -0.127. The summed E-state index contributed by atoms with van der Waals surface area (Å²) in [7, 11) is 0. The molecule has 1 heterocycles. The van der Waals surface area contributed by atoms with Crippen molar-refractivity contribution >= 4 is 23.3 Å². The lowest BCUT2D eigenvalue weighted by atomic mass is 10.1. The Morgan fingerprint density at radius 1 is 1.19 bits per heavy atom. The van der Waals surface area contributed by atoms with Crippen LogP contribution in [-0.4, -0.2) is 42.9 Å². The smallest absolute Gasteiger partial charge is 0.265 e. The summed E-state index contributed by atoms with van der Waals surface area (Å²) in [5.41, 5.74) is 0.535. The van der Waals surface area contributed by atoms with E-state index in [2.05, 4.69) is 5.32 Å². The van der Waals surface area contributed by atoms with Crippen LogP contribution in [-0.2, 0) is 9.59 Å². The molecule has 0 spiro atoms. The number of hydrogen-bond acceptors (Lipinski definition) is 5. The third-order valence-electron chi connectivity index (χ3n) is 5.11. The number of nitrogens with one attached hydrogen (secondary N) is 1. The summed E-state index contributed by atoms with van der Waals surface area (Å²) in [6, 6.07) is 6.86. The number of halogens is 2. The Labute approximate surface area is 176 Å². The number of carbonyl (C=O) groups is 3. The fraction of sp³-hybridized carbons (Fsp3) is 0.318. The lowest BCUT2D eigenvalue weighted by Crippen LogP contribution is -2.51. The monoisotopic (exact) mass is 430 g/mol. The van der Waals surface area contributed by atoms with Gasteiger partial charge in [-0.3, -0.25) is 19.3 Å². The summed E-state index contributed by atoms with van der Waals surface area (Å²) < 4.78 is 37.0. The molecule has 0 bridgehead atoms. The average molecular weight is 430 g/mol. The minimum atomic E-state index is -1.08. The summed E-state index contributed by atoms with van der Waals surface area (Å²) in [5, 5.41) is 2.87. The van der Waals surface area contributed by atoms with Crippen molar-refractivity contribution in [2.45, 2.75) is 31.8 Å². The molecule has 0 radical (unpaired) electrons. The zero-order chi connectivity index (χ0) is 22.1. The van der Waals surface area contributed by atoms with E-state index in [1.165, 1.54) is 23.1 Å². The second kappa shape index (κ2) is 8.33. The third-order valence-corrected chi connectivity index (χ3v) is 5.11. The van der Waals surface area contributed by atoms with Crippen LogP contribution in [0.3, 0.4) is 0 Å². The molecular formula is C22H20F2N2O5. The molecule has 2 amide bonds. The van der Waals surface area contributed by atoms with Crippen LogP contribution in [0.25, 0.3) is 0 Å². The van der Waals surface area contributed by atoms with Gasteiger partial charge < -0.3 is 14.8 Å². The van der Waals surface area contributed by atoms with E-state index in [0.717, 1.165) is 25.0 Å². The van der Waals surface area contributed by atoms with Gasteiger partial charge in [0.2, 0.25) is 5.91 Å². The third kappa shape index (κ3) is 4.50. The normalized spacial score (nSPS) is 16.2. The first-order chi connectivity index (χ1) is 14.8. The molecule has 1 saturated carbocycles. The fourth-order valence-electron chi connectivity index (χ4n) is 3.23. The first-order valence-electron chi connectivity index (χ1n) is 9.84. The Morgan fingerprint density at radius 3 is 2.68 bits per heavy atom. The number of nitrogens with zero attached hydrogens (tertiary/aromatic N) is 1. The maximum Gasteiger partial charge on any atom is 0.265 e. The Morgan fingerprint density at radius 2 is 1.97 bits per heavy atom. The van der Waals surface area contributed by atoms with Crippen LogP contribution in [0.4, 0.5) is 14.5 Å². The van der Waals surface area contributed by atoms with Crippen LogP contribution in [0, 0.1) is 11.6 Å². The number of benzene rings is 2. The lowest BCUT2D eigenvalue weighted by Gasteiger charge is -2.33. The van der Waals surface area contributed by atoms with E-state index in [-0.39, 0.29) is 29.9 Å². The van der Waals surface area contributed by atoms with E-state index in [0.29, 0.717) is 11.4 Å². The molecule has 1 aliphatic carbocycles. The molecule has 1 fully saturated rings. The van der Waals surface area contributed by atoms with Crippen molar-refractivity contribution < 1.29 is 32.6 Å². The van der Waals surface area contributed by atoms with Gasteiger partial charge in [0.05, 0.1) is 5.69 Å². The van der Waals surface area contributed by atoms with E-state index < -0.39 is 36.0 Å². The highest BCUT2D eigenvalue weighted by atomic mass is 19.2. The maximum absolute atomic E-state index is 13.3. The molecule has 0 saturated heterocycles. The number of hydrogen-bond donors (Lipinski definition) is 1. The highest BCUT2D eigenvalue weighted by molar-refractivity contribution is 6.06. The SMILES string of the molecule is C[C@@H](C(=O)NC1CC1)N1C(=O)COc2ccc(C(=O)COc3ccc(F)c(F)c3)cc21. The van der Waals surface area contributed by atoms with Gasteiger partial charge in [0.1, 0.15) is 17.5 Å². The Hall–Kier alpha value is -3.49. The zero-order valence-electron chi connectivity index (χ0n) is 16.7. The topological polar surface area (TPSA) is 84.9 Å². The molecule has 1 aliphatic heterocycles. The summed E-state index contributed by atoms with van der Waals surface area (Å²) in [6.07, 6.45) is 1.84. The van der Waals surface area contributed by atoms with Gasteiger partial charge >= 0.3 is 0 Å². The first kappa shape index (κ1) is 20.8. The average Bonchev–Trinajstić information content (AvgIpc) is 3.57. The maximum atomic E-state index is 13.3. The number of rotatable bonds is 7. The zero-order valence-corrected chi connectivity index (χ0v) is 16.7. The Kier molecular flexibility index (Phi) is 5.58. The highest BCUT2D eigenvalue weighted by Crippen LogP contribution is 2.35. The Bertz CT molecular complexity index is 1050. The van der Waals surface area contributed by atoms with E-state index in [4.69, 9.17) is 9.47 Å². The minimum Gasteiger partial charge on any atom is -0.485 e. The van der Waals surface area contributed by atoms with Crippen LogP contribution in [0.2, 0.25) is 0 Å². The molecule has 2 aromatic rings. The summed E-state index contributed by atoms with van der Waals surface area (Å²) in [4.78, 5) is 38.9. The number of ketones is 1. The van der Waals surface area contributed by atoms with Crippen molar-refractivity contribution in [2.24, 2.45) is 0 Å². The number of amides is 2.